The number of fused-ring (bicyclic) bond motifs is 3. The molecule has 1 N–H and O–H groups in total. The fraction of sp³-hybridized carbons (Fsp3) is 0.889. The van der Waals surface area contributed by atoms with E-state index >= 15 is 0 Å². The Morgan fingerprint density at radius 2 is 1.53 bits per heavy atom. The van der Waals surface area contributed by atoms with Crippen molar-refractivity contribution in [2.75, 3.05) is 19.8 Å². The highest BCUT2D eigenvalue weighted by Gasteiger charge is 2.61. The van der Waals surface area contributed by atoms with Gasteiger partial charge in [-0.2, -0.15) is 0 Å². The number of hydrogen-bond donors (Lipinski definition) is 1. The lowest BCUT2D eigenvalue weighted by molar-refractivity contribution is -0.172. The molecule has 9 unspecified atom stereocenters. The lowest BCUT2D eigenvalue weighted by Crippen LogP contribution is -2.43. The number of rotatable bonds is 5. The fourth-order valence-corrected chi connectivity index (χ4v) is 7.69. The van der Waals surface area contributed by atoms with Crippen LogP contribution < -0.4 is 0 Å². The highest BCUT2D eigenvalue weighted by atomic mass is 16.6. The van der Waals surface area contributed by atoms with Gasteiger partial charge >= 0.3 is 17.9 Å². The minimum absolute atomic E-state index is 0.120. The van der Waals surface area contributed by atoms with Gasteiger partial charge in [0.1, 0.15) is 0 Å². The predicted octanol–water partition coefficient (Wildman–Crippen LogP) is 3.76. The van der Waals surface area contributed by atoms with Gasteiger partial charge in [0, 0.05) is 13.0 Å². The molecule has 1 saturated heterocycles. The van der Waals surface area contributed by atoms with Gasteiger partial charge < -0.3 is 19.3 Å². The minimum atomic E-state index is -0.822. The first-order valence-electron chi connectivity index (χ1n) is 13.5. The highest BCUT2D eigenvalue weighted by Crippen LogP contribution is 2.58. The van der Waals surface area contributed by atoms with Gasteiger partial charge in [-0.05, 0) is 67.6 Å². The number of cyclic esters (lactones) is 1. The topological polar surface area (TPSA) is 99.1 Å². The Balaban J connectivity index is 0.000000207. The zero-order valence-corrected chi connectivity index (χ0v) is 20.9. The van der Waals surface area contributed by atoms with Gasteiger partial charge in [0.05, 0.1) is 25.0 Å². The summed E-state index contributed by atoms with van der Waals surface area (Å²) in [4.78, 5) is 36.6. The van der Waals surface area contributed by atoms with Gasteiger partial charge in [-0.3, -0.25) is 9.59 Å². The summed E-state index contributed by atoms with van der Waals surface area (Å²) in [5, 5.41) is 9.01. The first kappa shape index (κ1) is 25.5. The SMILES string of the molecule is CCOC(=O)C1C2CC(C(C)C2C)C1C(=O)OC1CCOC1=O.OCC1CC2CCCCC2C1. The Labute approximate surface area is 203 Å². The van der Waals surface area contributed by atoms with Crippen LogP contribution in [0.1, 0.15) is 72.1 Å². The maximum absolute atomic E-state index is 12.7. The van der Waals surface area contributed by atoms with Crippen molar-refractivity contribution in [1.29, 1.82) is 0 Å². The molecule has 9 atom stereocenters. The molecule has 7 heteroatoms. The van der Waals surface area contributed by atoms with Crippen LogP contribution in [0.25, 0.3) is 0 Å². The monoisotopic (exact) mass is 478 g/mol. The molecule has 4 aliphatic carbocycles. The summed E-state index contributed by atoms with van der Waals surface area (Å²) in [5.74, 6) is 1.45. The maximum Gasteiger partial charge on any atom is 0.347 e. The van der Waals surface area contributed by atoms with E-state index in [-0.39, 0.29) is 24.4 Å². The molecule has 5 aliphatic rings. The van der Waals surface area contributed by atoms with Crippen LogP contribution in [0.15, 0.2) is 0 Å². The quantitative estimate of drug-likeness (QED) is 0.474. The Morgan fingerprint density at radius 1 is 0.941 bits per heavy atom. The molecule has 0 spiro atoms. The van der Waals surface area contributed by atoms with Crippen molar-refractivity contribution in [3.8, 4) is 0 Å². The molecular formula is C27H42O7. The normalized spacial score (nSPS) is 42.4. The van der Waals surface area contributed by atoms with Gasteiger partial charge in [-0.1, -0.05) is 39.5 Å². The summed E-state index contributed by atoms with van der Waals surface area (Å²) >= 11 is 0. The van der Waals surface area contributed by atoms with Gasteiger partial charge in [0.2, 0.25) is 6.10 Å². The van der Waals surface area contributed by atoms with E-state index in [1.165, 1.54) is 38.5 Å². The average Bonchev–Trinajstić information content (AvgIpc) is 3.59. The third-order valence-corrected chi connectivity index (χ3v) is 9.61. The molecule has 192 valence electrons. The van der Waals surface area contributed by atoms with Crippen LogP contribution in [0, 0.1) is 53.3 Å². The van der Waals surface area contributed by atoms with E-state index in [2.05, 4.69) is 13.8 Å². The smallest absolute Gasteiger partial charge is 0.347 e. The van der Waals surface area contributed by atoms with Gasteiger partial charge in [0.25, 0.3) is 0 Å². The number of aliphatic hydroxyl groups is 1. The summed E-state index contributed by atoms with van der Waals surface area (Å²) < 4.78 is 15.4. The number of aliphatic hydroxyl groups excluding tert-OH is 1. The van der Waals surface area contributed by atoms with E-state index in [1.54, 1.807) is 6.92 Å². The third-order valence-electron chi connectivity index (χ3n) is 9.61. The molecule has 1 aliphatic heterocycles. The van der Waals surface area contributed by atoms with Crippen LogP contribution in [-0.4, -0.2) is 48.9 Å². The second kappa shape index (κ2) is 11.0. The number of hydrogen-bond acceptors (Lipinski definition) is 7. The van der Waals surface area contributed by atoms with Crippen molar-refractivity contribution in [2.45, 2.75) is 78.2 Å². The number of esters is 3. The zero-order chi connectivity index (χ0) is 24.4. The van der Waals surface area contributed by atoms with E-state index in [0.29, 0.717) is 37.4 Å². The Kier molecular flexibility index (Phi) is 8.21. The minimum Gasteiger partial charge on any atom is -0.466 e. The largest absolute Gasteiger partial charge is 0.466 e. The summed E-state index contributed by atoms with van der Waals surface area (Å²) in [7, 11) is 0. The molecule has 1 heterocycles. The molecule has 2 bridgehead atoms. The van der Waals surface area contributed by atoms with E-state index in [0.717, 1.165) is 18.3 Å². The van der Waals surface area contributed by atoms with Crippen LogP contribution >= 0.6 is 0 Å². The van der Waals surface area contributed by atoms with Crippen LogP contribution in [0.4, 0.5) is 0 Å². The van der Waals surface area contributed by atoms with Crippen LogP contribution in [-0.2, 0) is 28.6 Å². The molecular weight excluding hydrogens is 436 g/mol. The second-order valence-corrected chi connectivity index (χ2v) is 11.3. The molecule has 0 aromatic heterocycles. The molecule has 4 saturated carbocycles. The van der Waals surface area contributed by atoms with E-state index in [9.17, 15) is 14.4 Å². The van der Waals surface area contributed by atoms with Crippen molar-refractivity contribution in [3.63, 3.8) is 0 Å². The first-order chi connectivity index (χ1) is 16.3. The maximum atomic E-state index is 12.7. The van der Waals surface area contributed by atoms with Crippen LogP contribution in [0.2, 0.25) is 0 Å². The third kappa shape index (κ3) is 5.00. The Hall–Kier alpha value is -1.63. The van der Waals surface area contributed by atoms with Crippen molar-refractivity contribution in [1.82, 2.24) is 0 Å². The number of carbonyl (C=O) groups excluding carboxylic acids is 3. The van der Waals surface area contributed by atoms with E-state index in [4.69, 9.17) is 19.3 Å². The standard InChI is InChI=1S/C17H24O6.C10H18O/c1-4-21-16(19)13-10-7-11(9(3)8(10)2)14(13)17(20)23-12-5-6-22-15(12)18;11-7-8-5-9-3-1-2-4-10(9)6-8/h8-14H,4-7H2,1-3H3;8-11H,1-7H2. The molecule has 0 aromatic rings. The number of ether oxygens (including phenoxy) is 3. The van der Waals surface area contributed by atoms with Crippen LogP contribution in [0.5, 0.6) is 0 Å². The molecule has 5 rings (SSSR count). The molecule has 5 fully saturated rings. The first-order valence-corrected chi connectivity index (χ1v) is 13.5. The van der Waals surface area contributed by atoms with Gasteiger partial charge in [-0.15, -0.1) is 0 Å². The molecule has 0 radical (unpaired) electrons. The van der Waals surface area contributed by atoms with Gasteiger partial charge in [0.15, 0.2) is 0 Å². The Morgan fingerprint density at radius 3 is 2.03 bits per heavy atom. The lowest BCUT2D eigenvalue weighted by atomic mass is 9.69. The van der Waals surface area contributed by atoms with Crippen LogP contribution in [0.3, 0.4) is 0 Å². The zero-order valence-electron chi connectivity index (χ0n) is 20.9. The molecule has 0 amide bonds. The van der Waals surface area contributed by atoms with Crippen molar-refractivity contribution >= 4 is 17.9 Å². The fourth-order valence-electron chi connectivity index (χ4n) is 7.69. The lowest BCUT2D eigenvalue weighted by Gasteiger charge is -2.35. The van der Waals surface area contributed by atoms with E-state index in [1.807, 2.05) is 0 Å². The predicted molar refractivity (Wildman–Crippen MR) is 124 cm³/mol. The summed E-state index contributed by atoms with van der Waals surface area (Å²) in [5.41, 5.74) is 0. The van der Waals surface area contributed by atoms with Crippen molar-refractivity contribution < 1.29 is 33.7 Å². The second-order valence-electron chi connectivity index (χ2n) is 11.3. The molecule has 0 aromatic carbocycles. The molecule has 34 heavy (non-hydrogen) atoms. The summed E-state index contributed by atoms with van der Waals surface area (Å²) in [6, 6.07) is 0. The number of carbonyl (C=O) groups is 3. The summed E-state index contributed by atoms with van der Waals surface area (Å²) in [6.07, 6.45) is 8.84. The highest BCUT2D eigenvalue weighted by molar-refractivity contribution is 5.86. The summed E-state index contributed by atoms with van der Waals surface area (Å²) in [6.45, 7) is 7.04. The Bertz CT molecular complexity index is 737. The molecule has 7 nitrogen and oxygen atoms in total. The van der Waals surface area contributed by atoms with E-state index < -0.39 is 29.9 Å². The van der Waals surface area contributed by atoms with Crippen molar-refractivity contribution in [2.24, 2.45) is 53.3 Å². The van der Waals surface area contributed by atoms with Gasteiger partial charge in [-0.25, -0.2) is 4.79 Å². The average molecular weight is 479 g/mol. The van der Waals surface area contributed by atoms with Crippen molar-refractivity contribution in [3.05, 3.63) is 0 Å².